The Morgan fingerprint density at radius 2 is 1.64 bits per heavy atom. The first-order chi connectivity index (χ1) is 13.4. The van der Waals surface area contributed by atoms with Gasteiger partial charge in [-0.3, -0.25) is 4.79 Å². The van der Waals surface area contributed by atoms with Gasteiger partial charge in [-0.2, -0.15) is 0 Å². The first-order valence-corrected chi connectivity index (χ1v) is 9.29. The van der Waals surface area contributed by atoms with Crippen molar-refractivity contribution in [3.63, 3.8) is 0 Å². The monoisotopic (exact) mass is 381 g/mol. The maximum absolute atomic E-state index is 12.8. The molecule has 2 aromatic carbocycles. The molecule has 148 valence electrons. The quantitative estimate of drug-likeness (QED) is 0.427. The molecule has 5 nitrogen and oxygen atoms in total. The molecule has 0 aliphatic heterocycles. The predicted molar refractivity (Wildman–Crippen MR) is 111 cm³/mol. The Bertz CT molecular complexity index is 828. The molecule has 0 spiro atoms. The lowest BCUT2D eigenvalue weighted by Gasteiger charge is -2.17. The van der Waals surface area contributed by atoms with Gasteiger partial charge in [-0.15, -0.1) is 0 Å². The zero-order valence-electron chi connectivity index (χ0n) is 16.8. The number of nitrogens with one attached hydrogen (secondary N) is 1. The van der Waals surface area contributed by atoms with Gasteiger partial charge in [-0.1, -0.05) is 62.4 Å². The van der Waals surface area contributed by atoms with Crippen molar-refractivity contribution in [2.75, 3.05) is 13.7 Å². The van der Waals surface area contributed by atoms with Crippen LogP contribution in [-0.2, 0) is 14.3 Å². The number of amides is 1. The highest BCUT2D eigenvalue weighted by Gasteiger charge is 2.17. The third-order valence-electron chi connectivity index (χ3n) is 4.47. The molecule has 0 fully saturated rings. The molecular formula is C23H27NO4. The van der Waals surface area contributed by atoms with Crippen LogP contribution in [0.5, 0.6) is 5.75 Å². The first kappa shape index (κ1) is 21.2. The Kier molecular flexibility index (Phi) is 7.81. The van der Waals surface area contributed by atoms with E-state index in [2.05, 4.69) is 5.32 Å². The molecular weight excluding hydrogens is 354 g/mol. The minimum absolute atomic E-state index is 0.00363. The van der Waals surface area contributed by atoms with Crippen molar-refractivity contribution in [1.82, 2.24) is 5.32 Å². The van der Waals surface area contributed by atoms with Crippen LogP contribution in [0.2, 0.25) is 0 Å². The molecule has 0 heterocycles. The number of esters is 1. The topological polar surface area (TPSA) is 64.6 Å². The molecule has 0 unspecified atom stereocenters. The number of rotatable bonds is 8. The zero-order chi connectivity index (χ0) is 20.5. The summed E-state index contributed by atoms with van der Waals surface area (Å²) in [7, 11) is 1.58. The Hall–Kier alpha value is -3.08. The second-order valence-electron chi connectivity index (χ2n) is 6.84. The van der Waals surface area contributed by atoms with E-state index in [1.807, 2.05) is 75.4 Å². The van der Waals surface area contributed by atoms with E-state index in [4.69, 9.17) is 9.47 Å². The number of carbonyl (C=O) groups is 2. The number of methoxy groups -OCH3 is 1. The highest BCUT2D eigenvalue weighted by Crippen LogP contribution is 2.25. The number of ether oxygens (including phenoxy) is 2. The van der Waals surface area contributed by atoms with E-state index in [0.29, 0.717) is 22.8 Å². The van der Waals surface area contributed by atoms with E-state index in [1.165, 1.54) is 0 Å². The molecule has 28 heavy (non-hydrogen) atoms. The summed E-state index contributed by atoms with van der Waals surface area (Å²) in [4.78, 5) is 24.8. The Balaban J connectivity index is 2.22. The fraction of sp³-hybridized carbons (Fsp3) is 0.304. The number of para-hydroxylation sites is 1. The molecule has 1 N–H and O–H groups in total. The smallest absolute Gasteiger partial charge is 0.339 e. The second-order valence-corrected chi connectivity index (χ2v) is 6.84. The number of hydrogen-bond donors (Lipinski definition) is 1. The lowest BCUT2D eigenvalue weighted by molar-refractivity contribution is -0.143. The maximum atomic E-state index is 12.8. The predicted octanol–water partition coefficient (Wildman–Crippen LogP) is 3.94. The van der Waals surface area contributed by atoms with E-state index < -0.39 is 5.97 Å². The molecule has 0 aliphatic rings. The largest absolute Gasteiger partial charge is 0.496 e. The zero-order valence-corrected chi connectivity index (χ0v) is 16.8. The van der Waals surface area contributed by atoms with Crippen LogP contribution in [0.1, 0.15) is 31.9 Å². The van der Waals surface area contributed by atoms with Gasteiger partial charge in [0.15, 0.2) is 6.61 Å². The van der Waals surface area contributed by atoms with Crippen molar-refractivity contribution in [2.24, 2.45) is 5.92 Å². The molecule has 0 bridgehead atoms. The molecule has 2 aromatic rings. The highest BCUT2D eigenvalue weighted by molar-refractivity contribution is 6.22. The summed E-state index contributed by atoms with van der Waals surface area (Å²) in [6.45, 7) is 5.62. The van der Waals surface area contributed by atoms with E-state index in [0.717, 1.165) is 5.56 Å². The average Bonchev–Trinajstić information content (AvgIpc) is 2.71. The van der Waals surface area contributed by atoms with Crippen LogP contribution in [0.4, 0.5) is 0 Å². The lowest BCUT2D eigenvalue weighted by Crippen LogP contribution is -2.38. The first-order valence-electron chi connectivity index (χ1n) is 9.29. The molecule has 0 saturated heterocycles. The molecule has 0 aromatic heterocycles. The Morgan fingerprint density at radius 3 is 2.29 bits per heavy atom. The summed E-state index contributed by atoms with van der Waals surface area (Å²) in [6.07, 6.45) is 1.71. The van der Waals surface area contributed by atoms with Gasteiger partial charge in [0, 0.05) is 11.6 Å². The van der Waals surface area contributed by atoms with Gasteiger partial charge < -0.3 is 14.8 Å². The molecule has 1 atom stereocenters. The molecule has 0 saturated carbocycles. The molecule has 2 rings (SSSR count). The summed E-state index contributed by atoms with van der Waals surface area (Å²) in [5.74, 6) is 0.0564. The number of hydrogen-bond acceptors (Lipinski definition) is 4. The van der Waals surface area contributed by atoms with Gasteiger partial charge in [-0.05, 0) is 30.5 Å². The Morgan fingerprint density at radius 1 is 1.00 bits per heavy atom. The molecule has 1 amide bonds. The van der Waals surface area contributed by atoms with E-state index in [-0.39, 0.29) is 18.6 Å². The fourth-order valence-electron chi connectivity index (χ4n) is 2.49. The SMILES string of the molecule is COc1ccccc1/C=C(/C(=O)OCC(=O)N[C@H](C)C(C)C)c1ccccc1. The van der Waals surface area contributed by atoms with Crippen LogP contribution in [-0.4, -0.2) is 31.6 Å². The third kappa shape index (κ3) is 5.98. The van der Waals surface area contributed by atoms with Crippen molar-refractivity contribution in [3.05, 3.63) is 65.7 Å². The van der Waals surface area contributed by atoms with Gasteiger partial charge in [-0.25, -0.2) is 4.79 Å². The van der Waals surface area contributed by atoms with Crippen LogP contribution < -0.4 is 10.1 Å². The van der Waals surface area contributed by atoms with Crippen molar-refractivity contribution in [1.29, 1.82) is 0 Å². The van der Waals surface area contributed by atoms with E-state index >= 15 is 0 Å². The fourth-order valence-corrected chi connectivity index (χ4v) is 2.49. The van der Waals surface area contributed by atoms with Gasteiger partial charge in [0.25, 0.3) is 5.91 Å². The maximum Gasteiger partial charge on any atom is 0.339 e. The third-order valence-corrected chi connectivity index (χ3v) is 4.47. The van der Waals surface area contributed by atoms with Crippen molar-refractivity contribution < 1.29 is 19.1 Å². The van der Waals surface area contributed by atoms with Crippen LogP contribution in [0, 0.1) is 5.92 Å². The minimum atomic E-state index is -0.565. The number of carbonyl (C=O) groups excluding carboxylic acids is 2. The van der Waals surface area contributed by atoms with Crippen molar-refractivity contribution in [3.8, 4) is 5.75 Å². The Labute approximate surface area is 166 Å². The van der Waals surface area contributed by atoms with Crippen LogP contribution in [0.3, 0.4) is 0 Å². The normalized spacial score (nSPS) is 12.4. The van der Waals surface area contributed by atoms with Gasteiger partial charge >= 0.3 is 5.97 Å². The lowest BCUT2D eigenvalue weighted by atomic mass is 10.0. The number of benzene rings is 2. The van der Waals surface area contributed by atoms with Crippen LogP contribution in [0.25, 0.3) is 11.6 Å². The highest BCUT2D eigenvalue weighted by atomic mass is 16.5. The van der Waals surface area contributed by atoms with E-state index in [1.54, 1.807) is 13.2 Å². The summed E-state index contributed by atoms with van der Waals surface area (Å²) >= 11 is 0. The van der Waals surface area contributed by atoms with Crippen molar-refractivity contribution in [2.45, 2.75) is 26.8 Å². The van der Waals surface area contributed by atoms with Gasteiger partial charge in [0.2, 0.25) is 0 Å². The minimum Gasteiger partial charge on any atom is -0.496 e. The van der Waals surface area contributed by atoms with Crippen LogP contribution in [0.15, 0.2) is 54.6 Å². The summed E-state index contributed by atoms with van der Waals surface area (Å²) in [5.41, 5.74) is 1.81. The van der Waals surface area contributed by atoms with E-state index in [9.17, 15) is 9.59 Å². The molecule has 0 radical (unpaired) electrons. The van der Waals surface area contributed by atoms with Crippen molar-refractivity contribution >= 4 is 23.5 Å². The summed E-state index contributed by atoms with van der Waals surface area (Å²) in [6, 6.07) is 16.6. The standard InChI is InChI=1S/C23H27NO4/c1-16(2)17(3)24-22(25)15-28-23(26)20(18-10-6-5-7-11-18)14-19-12-8-9-13-21(19)27-4/h5-14,16-17H,15H2,1-4H3,(H,24,25)/b20-14+/t17-/m1/s1. The molecule has 0 aliphatic carbocycles. The summed E-state index contributed by atoms with van der Waals surface area (Å²) in [5, 5.41) is 2.83. The summed E-state index contributed by atoms with van der Waals surface area (Å²) < 4.78 is 10.7. The average molecular weight is 381 g/mol. The van der Waals surface area contributed by atoms with Gasteiger partial charge in [0.1, 0.15) is 5.75 Å². The van der Waals surface area contributed by atoms with Gasteiger partial charge in [0.05, 0.1) is 12.7 Å². The second kappa shape index (κ2) is 10.3. The van der Waals surface area contributed by atoms with Crippen LogP contribution >= 0.6 is 0 Å². The molecule has 5 heteroatoms.